The summed E-state index contributed by atoms with van der Waals surface area (Å²) in [6, 6.07) is 0. The zero-order valence-electron chi connectivity index (χ0n) is 11.2. The standard InChI is InChI=1S/C13H20N2O3S/c1-17-12(16)5-4-11-9-19-13(15-11)14-6-7-18-8-10-2-3-10/h9-10H,2-8H2,1H3,(H,14,15). The van der Waals surface area contributed by atoms with E-state index in [1.807, 2.05) is 5.38 Å². The van der Waals surface area contributed by atoms with Crippen molar-refractivity contribution in [1.29, 1.82) is 0 Å². The molecule has 1 aromatic heterocycles. The Bertz CT molecular complexity index is 404. The van der Waals surface area contributed by atoms with Crippen LogP contribution >= 0.6 is 11.3 Å². The number of methoxy groups -OCH3 is 1. The third-order valence-electron chi connectivity index (χ3n) is 2.94. The maximum atomic E-state index is 11.0. The van der Waals surface area contributed by atoms with Gasteiger partial charge in [0.1, 0.15) is 0 Å². The van der Waals surface area contributed by atoms with Gasteiger partial charge >= 0.3 is 5.97 Å². The molecule has 0 radical (unpaired) electrons. The molecule has 0 atom stereocenters. The maximum Gasteiger partial charge on any atom is 0.305 e. The molecular weight excluding hydrogens is 264 g/mol. The number of hydrogen-bond acceptors (Lipinski definition) is 6. The van der Waals surface area contributed by atoms with E-state index in [-0.39, 0.29) is 5.97 Å². The number of anilines is 1. The van der Waals surface area contributed by atoms with E-state index in [1.165, 1.54) is 20.0 Å². The summed E-state index contributed by atoms with van der Waals surface area (Å²) in [5.41, 5.74) is 0.928. The van der Waals surface area contributed by atoms with Gasteiger partial charge in [-0.05, 0) is 18.8 Å². The van der Waals surface area contributed by atoms with Crippen molar-refractivity contribution in [2.45, 2.75) is 25.7 Å². The van der Waals surface area contributed by atoms with Crippen LogP contribution in [0.25, 0.3) is 0 Å². The molecule has 1 aromatic rings. The van der Waals surface area contributed by atoms with E-state index in [4.69, 9.17) is 4.74 Å². The quantitative estimate of drug-likeness (QED) is 0.556. The fourth-order valence-electron chi connectivity index (χ4n) is 1.60. The third-order valence-corrected chi connectivity index (χ3v) is 3.79. The average Bonchev–Trinajstić information content (AvgIpc) is 3.14. The van der Waals surface area contributed by atoms with Crippen LogP contribution in [-0.4, -0.2) is 37.8 Å². The van der Waals surface area contributed by atoms with Crippen molar-refractivity contribution in [3.63, 3.8) is 0 Å². The van der Waals surface area contributed by atoms with Crippen LogP contribution in [0.5, 0.6) is 0 Å². The predicted octanol–water partition coefficient (Wildman–Crippen LogP) is 2.09. The minimum absolute atomic E-state index is 0.198. The molecule has 5 nitrogen and oxygen atoms in total. The van der Waals surface area contributed by atoms with E-state index < -0.39 is 0 Å². The van der Waals surface area contributed by atoms with Crippen molar-refractivity contribution < 1.29 is 14.3 Å². The Labute approximate surface area is 117 Å². The molecule has 1 aliphatic rings. The Morgan fingerprint density at radius 3 is 3.16 bits per heavy atom. The van der Waals surface area contributed by atoms with Gasteiger partial charge in [0.2, 0.25) is 0 Å². The molecule has 0 aromatic carbocycles. The number of hydrogen-bond donors (Lipinski definition) is 1. The lowest BCUT2D eigenvalue weighted by atomic mass is 10.2. The first-order valence-electron chi connectivity index (χ1n) is 6.60. The second-order valence-corrected chi connectivity index (χ2v) is 5.52. The number of esters is 1. The number of aryl methyl sites for hydroxylation is 1. The van der Waals surface area contributed by atoms with Crippen LogP contribution in [0.1, 0.15) is 25.0 Å². The molecule has 1 saturated carbocycles. The highest BCUT2D eigenvalue weighted by atomic mass is 32.1. The molecular formula is C13H20N2O3S. The van der Waals surface area contributed by atoms with Crippen LogP contribution in [-0.2, 0) is 20.7 Å². The lowest BCUT2D eigenvalue weighted by molar-refractivity contribution is -0.140. The largest absolute Gasteiger partial charge is 0.469 e. The van der Waals surface area contributed by atoms with Crippen molar-refractivity contribution in [2.24, 2.45) is 5.92 Å². The Kier molecular flexibility index (Phi) is 5.60. The highest BCUT2D eigenvalue weighted by Gasteiger charge is 2.20. The fraction of sp³-hybridized carbons (Fsp3) is 0.692. The second-order valence-electron chi connectivity index (χ2n) is 4.67. The summed E-state index contributed by atoms with van der Waals surface area (Å²) in [5, 5.41) is 6.08. The number of rotatable bonds is 9. The van der Waals surface area contributed by atoms with Crippen LogP contribution in [0.2, 0.25) is 0 Å². The number of carbonyl (C=O) groups excluding carboxylic acids is 1. The summed E-state index contributed by atoms with van der Waals surface area (Å²) in [5.74, 6) is 0.612. The lowest BCUT2D eigenvalue weighted by Gasteiger charge is -2.03. The zero-order valence-corrected chi connectivity index (χ0v) is 12.0. The summed E-state index contributed by atoms with van der Waals surface area (Å²) >= 11 is 1.56. The van der Waals surface area contributed by atoms with Gasteiger partial charge in [0.05, 0.1) is 25.8 Å². The molecule has 106 valence electrons. The average molecular weight is 284 g/mol. The summed E-state index contributed by atoms with van der Waals surface area (Å²) in [6.07, 6.45) is 3.65. The minimum atomic E-state index is -0.198. The van der Waals surface area contributed by atoms with Crippen molar-refractivity contribution in [2.75, 3.05) is 32.2 Å². The third kappa shape index (κ3) is 5.57. The van der Waals surface area contributed by atoms with Gasteiger partial charge in [0.15, 0.2) is 5.13 Å². The SMILES string of the molecule is COC(=O)CCc1csc(NCCOCC2CC2)n1. The second kappa shape index (κ2) is 7.45. The molecule has 1 N–H and O–H groups in total. The van der Waals surface area contributed by atoms with Crippen molar-refractivity contribution in [3.8, 4) is 0 Å². The van der Waals surface area contributed by atoms with Gasteiger partial charge in [0, 0.05) is 25.0 Å². The van der Waals surface area contributed by atoms with Crippen molar-refractivity contribution in [3.05, 3.63) is 11.1 Å². The summed E-state index contributed by atoms with van der Waals surface area (Å²) in [7, 11) is 1.40. The molecule has 0 aliphatic heterocycles. The van der Waals surface area contributed by atoms with Crippen molar-refractivity contribution in [1.82, 2.24) is 4.98 Å². The molecule has 1 heterocycles. The van der Waals surface area contributed by atoms with Crippen molar-refractivity contribution >= 4 is 22.4 Å². The molecule has 1 fully saturated rings. The summed E-state index contributed by atoms with van der Waals surface area (Å²) in [6.45, 7) is 2.38. The van der Waals surface area contributed by atoms with Gasteiger partial charge in [-0.2, -0.15) is 0 Å². The molecule has 1 aliphatic carbocycles. The number of ether oxygens (including phenoxy) is 2. The summed E-state index contributed by atoms with van der Waals surface area (Å²) in [4.78, 5) is 15.4. The molecule has 19 heavy (non-hydrogen) atoms. The maximum absolute atomic E-state index is 11.0. The van der Waals surface area contributed by atoms with E-state index in [9.17, 15) is 4.79 Å². The Morgan fingerprint density at radius 1 is 1.58 bits per heavy atom. The van der Waals surface area contributed by atoms with Crippen LogP contribution < -0.4 is 5.32 Å². The molecule has 2 rings (SSSR count). The highest BCUT2D eigenvalue weighted by Crippen LogP contribution is 2.28. The van der Waals surface area contributed by atoms with E-state index in [0.29, 0.717) is 19.4 Å². The number of nitrogens with zero attached hydrogens (tertiary/aromatic N) is 1. The molecule has 6 heteroatoms. The van der Waals surface area contributed by atoms with E-state index >= 15 is 0 Å². The van der Waals surface area contributed by atoms with Crippen LogP contribution in [0, 0.1) is 5.92 Å². The van der Waals surface area contributed by atoms with E-state index in [0.717, 1.165) is 29.9 Å². The number of thiazole rings is 1. The number of nitrogens with one attached hydrogen (secondary N) is 1. The first-order valence-corrected chi connectivity index (χ1v) is 7.48. The van der Waals surface area contributed by atoms with E-state index in [1.54, 1.807) is 11.3 Å². The van der Waals surface area contributed by atoms with Crippen LogP contribution in [0.3, 0.4) is 0 Å². The Morgan fingerprint density at radius 2 is 2.42 bits per heavy atom. The molecule has 0 amide bonds. The fourth-order valence-corrected chi connectivity index (χ4v) is 2.37. The number of aromatic nitrogens is 1. The molecule has 0 saturated heterocycles. The molecule has 0 spiro atoms. The first-order chi connectivity index (χ1) is 9.28. The van der Waals surface area contributed by atoms with Gasteiger partial charge in [-0.1, -0.05) is 0 Å². The smallest absolute Gasteiger partial charge is 0.305 e. The lowest BCUT2D eigenvalue weighted by Crippen LogP contribution is -2.10. The van der Waals surface area contributed by atoms with Crippen LogP contribution in [0.4, 0.5) is 5.13 Å². The summed E-state index contributed by atoms with van der Waals surface area (Å²) < 4.78 is 10.1. The van der Waals surface area contributed by atoms with E-state index in [2.05, 4.69) is 15.0 Å². The van der Waals surface area contributed by atoms with Gasteiger partial charge in [0.25, 0.3) is 0 Å². The monoisotopic (exact) mass is 284 g/mol. The minimum Gasteiger partial charge on any atom is -0.469 e. The van der Waals surface area contributed by atoms with Gasteiger partial charge in [-0.25, -0.2) is 4.98 Å². The predicted molar refractivity (Wildman–Crippen MR) is 74.5 cm³/mol. The highest BCUT2D eigenvalue weighted by molar-refractivity contribution is 7.13. The Hall–Kier alpha value is -1.14. The van der Waals surface area contributed by atoms with Gasteiger partial charge < -0.3 is 14.8 Å². The molecule has 0 bridgehead atoms. The zero-order chi connectivity index (χ0) is 13.5. The first kappa shape index (κ1) is 14.3. The topological polar surface area (TPSA) is 60.5 Å². The molecule has 0 unspecified atom stereocenters. The van der Waals surface area contributed by atoms with Crippen LogP contribution in [0.15, 0.2) is 5.38 Å². The van der Waals surface area contributed by atoms with Gasteiger partial charge in [-0.15, -0.1) is 11.3 Å². The Balaban J connectivity index is 1.58. The van der Waals surface area contributed by atoms with Gasteiger partial charge in [-0.3, -0.25) is 4.79 Å². The normalized spacial score (nSPS) is 14.4. The number of carbonyl (C=O) groups is 1.